The number of nitrogens with one attached hydrogen (secondary N) is 1. The van der Waals surface area contributed by atoms with Crippen molar-refractivity contribution in [2.24, 2.45) is 5.10 Å². The van der Waals surface area contributed by atoms with Gasteiger partial charge in [-0.05, 0) is 68.3 Å². The molecule has 0 unspecified atom stereocenters. The number of esters is 1. The second-order valence-electron chi connectivity index (χ2n) is 8.24. The molecule has 170 valence electrons. The molecule has 0 heterocycles. The van der Waals surface area contributed by atoms with Crippen LogP contribution in [0.25, 0.3) is 0 Å². The number of nitrogens with zero attached hydrogens (tertiary/aromatic N) is 1. The molecule has 3 rings (SSSR count). The minimum atomic E-state index is -0.585. The van der Waals surface area contributed by atoms with Gasteiger partial charge in [0.15, 0.2) is 0 Å². The van der Waals surface area contributed by atoms with E-state index < -0.39 is 17.5 Å². The van der Waals surface area contributed by atoms with Crippen molar-refractivity contribution in [3.8, 4) is 5.75 Å². The van der Waals surface area contributed by atoms with E-state index in [0.29, 0.717) is 34.1 Å². The van der Waals surface area contributed by atoms with Gasteiger partial charge >= 0.3 is 5.97 Å². The van der Waals surface area contributed by atoms with Gasteiger partial charge in [0.1, 0.15) is 18.0 Å². The second-order valence-corrected chi connectivity index (χ2v) is 8.67. The normalized spacial score (nSPS) is 11.3. The first-order valence-electron chi connectivity index (χ1n) is 10.3. The van der Waals surface area contributed by atoms with Gasteiger partial charge in [-0.3, -0.25) is 4.79 Å². The number of amides is 1. The van der Waals surface area contributed by atoms with Gasteiger partial charge in [0, 0.05) is 5.02 Å². The van der Waals surface area contributed by atoms with Gasteiger partial charge in [-0.1, -0.05) is 48.0 Å². The Kier molecular flexibility index (Phi) is 7.85. The summed E-state index contributed by atoms with van der Waals surface area (Å²) in [6, 6.07) is 21.0. The van der Waals surface area contributed by atoms with Crippen molar-refractivity contribution >= 4 is 29.7 Å². The largest absolute Gasteiger partial charge is 0.488 e. The monoisotopic (exact) mass is 464 g/mol. The van der Waals surface area contributed by atoms with Crippen molar-refractivity contribution in [3.63, 3.8) is 0 Å². The highest BCUT2D eigenvalue weighted by Gasteiger charge is 2.18. The van der Waals surface area contributed by atoms with Gasteiger partial charge in [-0.2, -0.15) is 5.10 Å². The maximum atomic E-state index is 12.6. The Morgan fingerprint density at radius 2 is 1.73 bits per heavy atom. The number of rotatable bonds is 7. The van der Waals surface area contributed by atoms with E-state index in [0.717, 1.165) is 5.56 Å². The highest BCUT2D eigenvalue weighted by Crippen LogP contribution is 2.20. The van der Waals surface area contributed by atoms with Gasteiger partial charge in [0.05, 0.1) is 17.3 Å². The summed E-state index contributed by atoms with van der Waals surface area (Å²) >= 11 is 5.91. The Morgan fingerprint density at radius 3 is 2.45 bits per heavy atom. The standard InChI is InChI=1S/C26H25ClN2O4/c1-26(2,3)33-25(31)20-8-6-7-19(15-20)16-28-29-24(30)22-9-4-5-10-23(22)32-17-18-11-13-21(27)14-12-18/h4-16H,17H2,1-3H3,(H,29,30)/b28-16+. The lowest BCUT2D eigenvalue weighted by Gasteiger charge is -2.19. The molecule has 0 saturated carbocycles. The Morgan fingerprint density at radius 1 is 1.00 bits per heavy atom. The van der Waals surface area contributed by atoms with Crippen LogP contribution in [-0.2, 0) is 11.3 Å². The van der Waals surface area contributed by atoms with E-state index in [4.69, 9.17) is 21.1 Å². The van der Waals surface area contributed by atoms with Gasteiger partial charge < -0.3 is 9.47 Å². The van der Waals surface area contributed by atoms with Crippen LogP contribution in [0.2, 0.25) is 5.02 Å². The third kappa shape index (κ3) is 7.47. The number of hydrogen-bond donors (Lipinski definition) is 1. The molecule has 3 aromatic rings. The molecule has 6 nitrogen and oxygen atoms in total. The molecule has 0 saturated heterocycles. The Balaban J connectivity index is 1.63. The van der Waals surface area contributed by atoms with E-state index >= 15 is 0 Å². The minimum absolute atomic E-state index is 0.294. The molecule has 0 aliphatic carbocycles. The van der Waals surface area contributed by atoms with Crippen molar-refractivity contribution < 1.29 is 19.1 Å². The number of para-hydroxylation sites is 1. The summed E-state index contributed by atoms with van der Waals surface area (Å²) in [5.41, 5.74) is 4.24. The first-order valence-corrected chi connectivity index (χ1v) is 10.7. The summed E-state index contributed by atoms with van der Waals surface area (Å²) in [4.78, 5) is 24.9. The van der Waals surface area contributed by atoms with Crippen LogP contribution in [-0.4, -0.2) is 23.7 Å². The van der Waals surface area contributed by atoms with Crippen LogP contribution in [0, 0.1) is 0 Å². The molecule has 0 bridgehead atoms. The molecule has 0 fully saturated rings. The summed E-state index contributed by atoms with van der Waals surface area (Å²) in [6.45, 7) is 5.72. The Labute approximate surface area is 198 Å². The number of ether oxygens (including phenoxy) is 2. The average Bonchev–Trinajstić information content (AvgIpc) is 2.78. The lowest BCUT2D eigenvalue weighted by Crippen LogP contribution is -2.24. The molecule has 33 heavy (non-hydrogen) atoms. The predicted octanol–water partition coefficient (Wildman–Crippen LogP) is 5.64. The number of hydrogen-bond acceptors (Lipinski definition) is 5. The molecule has 7 heteroatoms. The highest BCUT2D eigenvalue weighted by molar-refractivity contribution is 6.30. The number of benzene rings is 3. The molecule has 1 amide bonds. The predicted molar refractivity (Wildman–Crippen MR) is 129 cm³/mol. The maximum absolute atomic E-state index is 12.6. The molecular weight excluding hydrogens is 440 g/mol. The molecule has 1 N–H and O–H groups in total. The van der Waals surface area contributed by atoms with E-state index in [1.54, 1.807) is 60.7 Å². The third-order valence-electron chi connectivity index (χ3n) is 4.34. The van der Waals surface area contributed by atoms with Crippen LogP contribution in [0.1, 0.15) is 52.6 Å². The molecule has 0 aliphatic heterocycles. The van der Waals surface area contributed by atoms with Crippen LogP contribution in [0.4, 0.5) is 0 Å². The van der Waals surface area contributed by atoms with E-state index in [-0.39, 0.29) is 0 Å². The fourth-order valence-electron chi connectivity index (χ4n) is 2.83. The Bertz CT molecular complexity index is 1150. The van der Waals surface area contributed by atoms with Gasteiger partial charge in [-0.25, -0.2) is 10.2 Å². The van der Waals surface area contributed by atoms with Gasteiger partial charge in [0.2, 0.25) is 0 Å². The molecular formula is C26H25ClN2O4. The summed E-state index contributed by atoms with van der Waals surface area (Å²) < 4.78 is 11.2. The van der Waals surface area contributed by atoms with Crippen LogP contribution >= 0.6 is 11.6 Å². The van der Waals surface area contributed by atoms with Crippen molar-refractivity contribution in [3.05, 3.63) is 100 Å². The lowest BCUT2D eigenvalue weighted by molar-refractivity contribution is 0.00694. The van der Waals surface area contributed by atoms with E-state index in [9.17, 15) is 9.59 Å². The van der Waals surface area contributed by atoms with E-state index in [1.165, 1.54) is 6.21 Å². The number of halogens is 1. The Hall–Kier alpha value is -3.64. The summed E-state index contributed by atoms with van der Waals surface area (Å²) in [6.07, 6.45) is 1.46. The lowest BCUT2D eigenvalue weighted by atomic mass is 10.1. The fourth-order valence-corrected chi connectivity index (χ4v) is 2.96. The van der Waals surface area contributed by atoms with Crippen LogP contribution in [0.3, 0.4) is 0 Å². The van der Waals surface area contributed by atoms with Crippen molar-refractivity contribution in [1.29, 1.82) is 0 Å². The van der Waals surface area contributed by atoms with Crippen molar-refractivity contribution in [2.45, 2.75) is 33.0 Å². The zero-order valence-corrected chi connectivity index (χ0v) is 19.4. The van der Waals surface area contributed by atoms with Gasteiger partial charge in [-0.15, -0.1) is 0 Å². The summed E-state index contributed by atoms with van der Waals surface area (Å²) in [7, 11) is 0. The SMILES string of the molecule is CC(C)(C)OC(=O)c1cccc(/C=N/NC(=O)c2ccccc2OCc2ccc(Cl)cc2)c1. The van der Waals surface area contributed by atoms with E-state index in [2.05, 4.69) is 10.5 Å². The topological polar surface area (TPSA) is 77.0 Å². The van der Waals surface area contributed by atoms with Crippen LogP contribution in [0.5, 0.6) is 5.75 Å². The molecule has 0 atom stereocenters. The summed E-state index contributed by atoms with van der Waals surface area (Å²) in [5.74, 6) is -0.401. The summed E-state index contributed by atoms with van der Waals surface area (Å²) in [5, 5.41) is 4.66. The molecule has 0 aliphatic rings. The fraction of sp³-hybridized carbons (Fsp3) is 0.192. The zero-order chi connectivity index (χ0) is 23.8. The highest BCUT2D eigenvalue weighted by atomic mass is 35.5. The number of carbonyl (C=O) groups is 2. The zero-order valence-electron chi connectivity index (χ0n) is 18.7. The van der Waals surface area contributed by atoms with E-state index in [1.807, 2.05) is 32.9 Å². The van der Waals surface area contributed by atoms with Crippen molar-refractivity contribution in [1.82, 2.24) is 5.43 Å². The maximum Gasteiger partial charge on any atom is 0.338 e. The van der Waals surface area contributed by atoms with Crippen LogP contribution in [0.15, 0.2) is 77.9 Å². The third-order valence-corrected chi connectivity index (χ3v) is 4.59. The molecule has 0 radical (unpaired) electrons. The number of carbonyl (C=O) groups excluding carboxylic acids is 2. The minimum Gasteiger partial charge on any atom is -0.488 e. The van der Waals surface area contributed by atoms with Crippen molar-refractivity contribution in [2.75, 3.05) is 0 Å². The first-order chi connectivity index (χ1) is 15.7. The molecule has 3 aromatic carbocycles. The number of hydrazone groups is 1. The van der Waals surface area contributed by atoms with Gasteiger partial charge in [0.25, 0.3) is 5.91 Å². The van der Waals surface area contributed by atoms with Crippen LogP contribution < -0.4 is 10.2 Å². The smallest absolute Gasteiger partial charge is 0.338 e. The average molecular weight is 465 g/mol. The molecule has 0 aromatic heterocycles. The first kappa shape index (κ1) is 24.0. The quantitative estimate of drug-likeness (QED) is 0.279. The molecule has 0 spiro atoms. The second kappa shape index (κ2) is 10.8.